The summed E-state index contributed by atoms with van der Waals surface area (Å²) >= 11 is 0. The lowest BCUT2D eigenvalue weighted by Crippen LogP contribution is -2.14. The molecule has 2 aromatic rings. The van der Waals surface area contributed by atoms with Crippen molar-refractivity contribution in [2.75, 3.05) is 4.72 Å². The first-order valence-corrected chi connectivity index (χ1v) is 7.72. The highest BCUT2D eigenvalue weighted by molar-refractivity contribution is 7.92. The number of rotatable bonds is 4. The van der Waals surface area contributed by atoms with E-state index in [1.54, 1.807) is 6.92 Å². The van der Waals surface area contributed by atoms with Gasteiger partial charge in [-0.25, -0.2) is 17.2 Å². The Morgan fingerprint density at radius 1 is 1.29 bits per heavy atom. The zero-order valence-electron chi connectivity index (χ0n) is 11.8. The van der Waals surface area contributed by atoms with Gasteiger partial charge in [0.25, 0.3) is 10.0 Å². The molecule has 0 amide bonds. The number of aryl methyl sites for hydroxylation is 1. The maximum Gasteiger partial charge on any atom is 0.265 e. The van der Waals surface area contributed by atoms with Gasteiger partial charge < -0.3 is 0 Å². The maximum atomic E-state index is 13.5. The van der Waals surface area contributed by atoms with Gasteiger partial charge in [0, 0.05) is 18.3 Å². The van der Waals surface area contributed by atoms with E-state index in [1.165, 1.54) is 10.9 Å². The highest BCUT2D eigenvalue weighted by Crippen LogP contribution is 2.22. The molecule has 2 rings (SSSR count). The van der Waals surface area contributed by atoms with Crippen LogP contribution in [0.1, 0.15) is 25.6 Å². The third kappa shape index (κ3) is 3.21. The molecule has 0 atom stereocenters. The monoisotopic (exact) mass is 315 g/mol. The maximum absolute atomic E-state index is 13.5. The number of halogens is 2. The van der Waals surface area contributed by atoms with E-state index in [1.807, 2.05) is 13.8 Å². The number of sulfonamides is 1. The van der Waals surface area contributed by atoms with Crippen LogP contribution in [0.5, 0.6) is 0 Å². The summed E-state index contributed by atoms with van der Waals surface area (Å²) in [4.78, 5) is -0.0417. The van der Waals surface area contributed by atoms with Crippen LogP contribution < -0.4 is 4.72 Å². The average molecular weight is 315 g/mol. The van der Waals surface area contributed by atoms with Gasteiger partial charge in [-0.05, 0) is 32.9 Å². The third-order valence-electron chi connectivity index (χ3n) is 2.87. The summed E-state index contributed by atoms with van der Waals surface area (Å²) < 4.78 is 54.5. The third-order valence-corrected chi connectivity index (χ3v) is 4.33. The zero-order valence-corrected chi connectivity index (χ0v) is 12.6. The SMILES string of the molecule is Cc1nn(C(C)C)cc1S(=O)(=O)Nc1ccc(F)cc1F. The minimum absolute atomic E-state index is 0.00444. The molecule has 0 aliphatic rings. The van der Waals surface area contributed by atoms with E-state index in [0.29, 0.717) is 11.8 Å². The van der Waals surface area contributed by atoms with Crippen molar-refractivity contribution in [3.63, 3.8) is 0 Å². The molecule has 114 valence electrons. The number of nitrogens with one attached hydrogen (secondary N) is 1. The Hall–Kier alpha value is -1.96. The Morgan fingerprint density at radius 3 is 2.48 bits per heavy atom. The van der Waals surface area contributed by atoms with Gasteiger partial charge >= 0.3 is 0 Å². The van der Waals surface area contributed by atoms with E-state index in [9.17, 15) is 17.2 Å². The molecule has 0 unspecified atom stereocenters. The van der Waals surface area contributed by atoms with Crippen molar-refractivity contribution in [1.29, 1.82) is 0 Å². The molecular weight excluding hydrogens is 300 g/mol. The second kappa shape index (κ2) is 5.44. The largest absolute Gasteiger partial charge is 0.277 e. The fourth-order valence-electron chi connectivity index (χ4n) is 1.77. The molecule has 0 fully saturated rings. The quantitative estimate of drug-likeness (QED) is 0.943. The summed E-state index contributed by atoms with van der Waals surface area (Å²) in [6.07, 6.45) is 1.38. The highest BCUT2D eigenvalue weighted by atomic mass is 32.2. The van der Waals surface area contributed by atoms with Crippen LogP contribution in [0.3, 0.4) is 0 Å². The first kappa shape index (κ1) is 15.4. The van der Waals surface area contributed by atoms with Crippen molar-refractivity contribution >= 4 is 15.7 Å². The molecule has 0 saturated carbocycles. The van der Waals surface area contributed by atoms with Crippen LogP contribution in [-0.2, 0) is 10.0 Å². The molecule has 1 heterocycles. The number of nitrogens with zero attached hydrogens (tertiary/aromatic N) is 2. The Labute approximate surface area is 121 Å². The Bertz CT molecular complexity index is 770. The van der Waals surface area contributed by atoms with E-state index >= 15 is 0 Å². The lowest BCUT2D eigenvalue weighted by Gasteiger charge is -2.08. The molecule has 0 aliphatic carbocycles. The van der Waals surface area contributed by atoms with Crippen molar-refractivity contribution in [3.8, 4) is 0 Å². The van der Waals surface area contributed by atoms with Crippen LogP contribution in [0.25, 0.3) is 0 Å². The molecule has 1 N–H and O–H groups in total. The summed E-state index contributed by atoms with van der Waals surface area (Å²) in [5.74, 6) is -1.76. The fourth-order valence-corrected chi connectivity index (χ4v) is 3.01. The van der Waals surface area contributed by atoms with Gasteiger partial charge in [0.05, 0.1) is 11.4 Å². The summed E-state index contributed by atoms with van der Waals surface area (Å²) in [6, 6.07) is 2.62. The van der Waals surface area contributed by atoms with Crippen LogP contribution in [0.15, 0.2) is 29.3 Å². The molecule has 0 aliphatic heterocycles. The van der Waals surface area contributed by atoms with Crippen molar-refractivity contribution in [2.24, 2.45) is 0 Å². The number of anilines is 1. The molecule has 0 radical (unpaired) electrons. The predicted molar refractivity (Wildman–Crippen MR) is 74.5 cm³/mol. The molecule has 1 aromatic carbocycles. The molecule has 8 heteroatoms. The van der Waals surface area contributed by atoms with Gasteiger partial charge in [0.15, 0.2) is 0 Å². The van der Waals surface area contributed by atoms with Gasteiger partial charge in [-0.3, -0.25) is 9.40 Å². The second-order valence-corrected chi connectivity index (χ2v) is 6.53. The van der Waals surface area contributed by atoms with Crippen molar-refractivity contribution in [3.05, 3.63) is 41.7 Å². The minimum Gasteiger partial charge on any atom is -0.277 e. The van der Waals surface area contributed by atoms with E-state index in [-0.39, 0.29) is 16.6 Å². The molecule has 1 aromatic heterocycles. The van der Waals surface area contributed by atoms with Gasteiger partial charge in [0.2, 0.25) is 0 Å². The first-order valence-electron chi connectivity index (χ1n) is 6.24. The smallest absolute Gasteiger partial charge is 0.265 e. The standard InChI is InChI=1S/C13H15F2N3O2S/c1-8(2)18-7-13(9(3)16-18)21(19,20)17-12-5-4-10(14)6-11(12)15/h4-8,17H,1-3H3. The number of hydrogen-bond donors (Lipinski definition) is 1. The summed E-state index contributed by atoms with van der Waals surface area (Å²) in [5, 5.41) is 4.10. The van der Waals surface area contributed by atoms with Crippen LogP contribution in [-0.4, -0.2) is 18.2 Å². The molecular formula is C13H15F2N3O2S. The Morgan fingerprint density at radius 2 is 1.95 bits per heavy atom. The first-order chi connectivity index (χ1) is 9.70. The minimum atomic E-state index is -3.99. The summed E-state index contributed by atoms with van der Waals surface area (Å²) in [5.41, 5.74) is -0.00758. The van der Waals surface area contributed by atoms with E-state index < -0.39 is 21.7 Å². The molecule has 0 bridgehead atoms. The van der Waals surface area contributed by atoms with Gasteiger partial charge in [0.1, 0.15) is 16.5 Å². The van der Waals surface area contributed by atoms with Crippen LogP contribution in [0.4, 0.5) is 14.5 Å². The van der Waals surface area contributed by atoms with Crippen molar-refractivity contribution in [1.82, 2.24) is 9.78 Å². The lowest BCUT2D eigenvalue weighted by atomic mass is 10.3. The average Bonchev–Trinajstić information content (AvgIpc) is 2.76. The molecule has 0 spiro atoms. The van der Waals surface area contributed by atoms with Gasteiger partial charge in [-0.1, -0.05) is 0 Å². The molecule has 0 saturated heterocycles. The van der Waals surface area contributed by atoms with Crippen molar-refractivity contribution in [2.45, 2.75) is 31.7 Å². The Balaban J connectivity index is 2.38. The van der Waals surface area contributed by atoms with E-state index in [4.69, 9.17) is 0 Å². The lowest BCUT2D eigenvalue weighted by molar-refractivity contribution is 0.528. The van der Waals surface area contributed by atoms with E-state index in [2.05, 4.69) is 9.82 Å². The van der Waals surface area contributed by atoms with Gasteiger partial charge in [-0.15, -0.1) is 0 Å². The van der Waals surface area contributed by atoms with Crippen molar-refractivity contribution < 1.29 is 17.2 Å². The predicted octanol–water partition coefficient (Wildman–Crippen LogP) is 2.85. The number of benzene rings is 1. The number of hydrogen-bond acceptors (Lipinski definition) is 3. The van der Waals surface area contributed by atoms with Crippen LogP contribution in [0.2, 0.25) is 0 Å². The Kier molecular flexibility index (Phi) is 3.99. The van der Waals surface area contributed by atoms with Crippen LogP contribution in [0, 0.1) is 18.6 Å². The summed E-state index contributed by atoms with van der Waals surface area (Å²) in [7, 11) is -3.99. The number of aromatic nitrogens is 2. The highest BCUT2D eigenvalue weighted by Gasteiger charge is 2.22. The van der Waals surface area contributed by atoms with Crippen LogP contribution >= 0.6 is 0 Å². The van der Waals surface area contributed by atoms with Gasteiger partial charge in [-0.2, -0.15) is 5.10 Å². The fraction of sp³-hybridized carbons (Fsp3) is 0.308. The molecule has 5 nitrogen and oxygen atoms in total. The summed E-state index contributed by atoms with van der Waals surface area (Å²) in [6.45, 7) is 5.26. The zero-order chi connectivity index (χ0) is 15.8. The van der Waals surface area contributed by atoms with E-state index in [0.717, 1.165) is 12.1 Å². The topological polar surface area (TPSA) is 64.0 Å². The molecule has 21 heavy (non-hydrogen) atoms. The second-order valence-electron chi connectivity index (χ2n) is 4.88. The normalized spacial score (nSPS) is 11.9.